The van der Waals surface area contributed by atoms with Crippen LogP contribution in [0.2, 0.25) is 10.1 Å². The van der Waals surface area contributed by atoms with Crippen LogP contribution in [-0.4, -0.2) is 27.3 Å². The maximum atomic E-state index is 8.52. The van der Waals surface area contributed by atoms with Crippen molar-refractivity contribution in [1.82, 2.24) is 0 Å². The van der Waals surface area contributed by atoms with Gasteiger partial charge in [-0.25, -0.2) is 0 Å². The Labute approximate surface area is 267 Å². The van der Waals surface area contributed by atoms with Crippen LogP contribution in [0.15, 0.2) is 109 Å². The number of rotatable bonds is 10. The van der Waals surface area contributed by atoms with Crippen molar-refractivity contribution in [2.24, 2.45) is 0 Å². The van der Waals surface area contributed by atoms with Crippen molar-refractivity contribution >= 4 is 69.2 Å². The van der Waals surface area contributed by atoms with Gasteiger partial charge in [0.2, 0.25) is 0 Å². The second kappa shape index (κ2) is 13.3. The number of benzene rings is 4. The summed E-state index contributed by atoms with van der Waals surface area (Å²) in [6.45, 7) is 14.5. The Morgan fingerprint density at radius 3 is 1.12 bits per heavy atom. The van der Waals surface area contributed by atoms with Crippen LogP contribution in [0.3, 0.4) is 0 Å². The van der Waals surface area contributed by atoms with E-state index in [1.54, 1.807) is 0 Å². The van der Waals surface area contributed by atoms with Gasteiger partial charge in [-0.05, 0) is 54.8 Å². The van der Waals surface area contributed by atoms with Gasteiger partial charge in [0.25, 0.3) is 16.6 Å². The monoisotopic (exact) mass is 706 g/mol. The normalized spacial score (nSPS) is 15.2. The van der Waals surface area contributed by atoms with Gasteiger partial charge in [0.15, 0.2) is 0 Å². The molecule has 0 saturated carbocycles. The summed E-state index contributed by atoms with van der Waals surface area (Å²) >= 11 is 7.53. The van der Waals surface area contributed by atoms with Crippen LogP contribution < -0.4 is 20.7 Å². The molecule has 2 atom stereocenters. The first kappa shape index (κ1) is 32.2. The molecule has 0 radical (unpaired) electrons. The second-order valence-corrected chi connectivity index (χ2v) is 23.2. The van der Waals surface area contributed by atoms with Gasteiger partial charge in [-0.3, -0.25) is 0 Å². The molecule has 0 heterocycles. The molecule has 0 bridgehead atoms. The van der Waals surface area contributed by atoms with Crippen molar-refractivity contribution in [3.63, 3.8) is 0 Å². The summed E-state index contributed by atoms with van der Waals surface area (Å²) in [7, 11) is -5.92. The third-order valence-electron chi connectivity index (χ3n) is 8.30. The van der Waals surface area contributed by atoms with Crippen molar-refractivity contribution in [2.45, 2.75) is 64.5 Å². The van der Waals surface area contributed by atoms with E-state index < -0.39 is 16.6 Å². The smallest absolute Gasteiger partial charge is 0.251 e. The Morgan fingerprint density at radius 2 is 0.805 bits per heavy atom. The Balaban J connectivity index is 2.22. The molecule has 0 spiro atoms. The highest BCUT2D eigenvalue weighted by Gasteiger charge is 2.61. The summed E-state index contributed by atoms with van der Waals surface area (Å²) in [5.74, 6) is 0. The first-order valence-electron chi connectivity index (χ1n) is 14.6. The second-order valence-electron chi connectivity index (χ2n) is 12.9. The van der Waals surface area contributed by atoms with Crippen molar-refractivity contribution in [3.8, 4) is 0 Å². The molecular weight excluding hydrogens is 664 g/mol. The van der Waals surface area contributed by atoms with Gasteiger partial charge in [0.05, 0.1) is 0 Å². The highest BCUT2D eigenvalue weighted by Crippen LogP contribution is 2.45. The summed E-state index contributed by atoms with van der Waals surface area (Å²) in [6.07, 6.45) is 1.93. The summed E-state index contributed by atoms with van der Waals surface area (Å²) in [5.41, 5.74) is 2.77. The van der Waals surface area contributed by atoms with E-state index in [0.29, 0.717) is 0 Å². The van der Waals surface area contributed by atoms with E-state index in [0.717, 1.165) is 23.5 Å². The summed E-state index contributed by atoms with van der Waals surface area (Å²) in [5, 5.41) is 7.03. The zero-order chi connectivity index (χ0) is 29.7. The predicted molar refractivity (Wildman–Crippen MR) is 191 cm³/mol. The zero-order valence-electron chi connectivity index (χ0n) is 25.4. The van der Waals surface area contributed by atoms with Crippen LogP contribution in [0.25, 0.3) is 0 Å². The molecule has 0 aromatic heterocycles. The molecule has 5 heteroatoms. The van der Waals surface area contributed by atoms with Crippen LogP contribution in [-0.2, 0) is 17.0 Å². The number of hydrogen-bond acceptors (Lipinski definition) is 1. The Bertz CT molecular complexity index is 1300. The first-order chi connectivity index (χ1) is 19.5. The van der Waals surface area contributed by atoms with Crippen LogP contribution in [0.1, 0.15) is 52.7 Å². The van der Waals surface area contributed by atoms with Gasteiger partial charge in [-0.2, -0.15) is 0 Å². The molecule has 0 amide bonds. The molecule has 0 aliphatic carbocycles. The molecule has 0 saturated heterocycles. The van der Waals surface area contributed by atoms with E-state index in [1.165, 1.54) is 31.9 Å². The summed E-state index contributed by atoms with van der Waals surface area (Å²) in [6, 6.07) is 40.6. The van der Waals surface area contributed by atoms with Gasteiger partial charge < -0.3 is 4.12 Å². The van der Waals surface area contributed by atoms with Gasteiger partial charge in [0, 0.05) is 10.7 Å². The molecule has 2 unspecified atom stereocenters. The topological polar surface area (TPSA) is 9.23 Å². The molecule has 4 aromatic rings. The Kier molecular flexibility index (Phi) is 10.4. The molecule has 0 fully saturated rings. The zero-order valence-corrected chi connectivity index (χ0v) is 30.6. The van der Waals surface area contributed by atoms with Crippen molar-refractivity contribution in [3.05, 3.63) is 120 Å². The lowest BCUT2D eigenvalue weighted by Gasteiger charge is -2.54. The van der Waals surface area contributed by atoms with Crippen LogP contribution in [0.4, 0.5) is 0 Å². The fourth-order valence-electron chi connectivity index (χ4n) is 6.46. The van der Waals surface area contributed by atoms with Gasteiger partial charge in [-0.1, -0.05) is 183 Å². The highest BCUT2D eigenvalue weighted by atomic mass is 79.9. The Morgan fingerprint density at radius 1 is 0.488 bits per heavy atom. The van der Waals surface area contributed by atoms with E-state index >= 15 is 0 Å². The van der Waals surface area contributed by atoms with E-state index in [4.69, 9.17) is 4.12 Å². The molecular formula is C36H44Br2OSi2. The number of alkyl halides is 2. The molecule has 216 valence electrons. The van der Waals surface area contributed by atoms with E-state index in [-0.39, 0.29) is 10.1 Å². The molecule has 0 N–H and O–H groups in total. The fourth-order valence-corrected chi connectivity index (χ4v) is 20.7. The average molecular weight is 709 g/mol. The van der Waals surface area contributed by atoms with E-state index in [2.05, 4.69) is 183 Å². The highest BCUT2D eigenvalue weighted by molar-refractivity contribution is 9.09. The molecule has 1 nitrogen and oxygen atoms in total. The fraction of sp³-hybridized carbons (Fsp3) is 0.333. The quantitative estimate of drug-likeness (QED) is 0.120. The van der Waals surface area contributed by atoms with Crippen molar-refractivity contribution in [2.75, 3.05) is 10.7 Å². The minimum Gasteiger partial charge on any atom is -0.441 e. The largest absolute Gasteiger partial charge is 0.441 e. The third kappa shape index (κ3) is 6.17. The van der Waals surface area contributed by atoms with E-state index in [1.807, 2.05) is 0 Å². The van der Waals surface area contributed by atoms with Crippen molar-refractivity contribution < 1.29 is 4.12 Å². The molecule has 4 aromatic carbocycles. The van der Waals surface area contributed by atoms with Gasteiger partial charge in [-0.15, -0.1) is 0 Å². The number of aryl methyl sites for hydroxylation is 2. The third-order valence-corrected chi connectivity index (χ3v) is 20.6. The van der Waals surface area contributed by atoms with Crippen molar-refractivity contribution in [1.29, 1.82) is 0 Å². The minimum absolute atomic E-state index is 0.139. The van der Waals surface area contributed by atoms with Crippen LogP contribution in [0, 0.1) is 0 Å². The maximum absolute atomic E-state index is 8.52. The molecule has 4 rings (SSSR count). The first-order valence-corrected chi connectivity index (χ1v) is 20.7. The lowest BCUT2D eigenvalue weighted by atomic mass is 10.2. The predicted octanol–water partition coefficient (Wildman–Crippen LogP) is 8.00. The number of halogens is 2. The lowest BCUT2D eigenvalue weighted by molar-refractivity contribution is 0.474. The van der Waals surface area contributed by atoms with Crippen LogP contribution >= 0.6 is 31.9 Å². The average Bonchev–Trinajstić information content (AvgIpc) is 2.95. The van der Waals surface area contributed by atoms with Gasteiger partial charge >= 0.3 is 0 Å². The lowest BCUT2D eigenvalue weighted by Crippen LogP contribution is -2.78. The maximum Gasteiger partial charge on any atom is 0.251 e. The van der Waals surface area contributed by atoms with Gasteiger partial charge in [0.1, 0.15) is 0 Å². The number of hydrogen-bond donors (Lipinski definition) is 0. The summed E-state index contributed by atoms with van der Waals surface area (Å²) in [4.78, 5) is 0. The standard InChI is InChI=1S/C36H44Br2OSi2/c1-35(2,3)40(31-19-9-7-10-20-31,33-23-15-13-17-29(33)25-27-37)39-41(36(4,5)6,32-21-11-8-12-22-32)34-24-16-14-18-30(34)26-28-38/h7-24H,25-28H2,1-6H3. The SMILES string of the molecule is CC(C)(C)[Si](O[Si](c1ccccc1)(c1ccccc1CCBr)C(C)(C)C)(c1ccccc1)c1ccccc1CCBr. The summed E-state index contributed by atoms with van der Waals surface area (Å²) < 4.78 is 8.52. The molecule has 41 heavy (non-hydrogen) atoms. The molecule has 0 aliphatic rings. The van der Waals surface area contributed by atoms with E-state index in [9.17, 15) is 0 Å². The Hall–Kier alpha value is -1.77. The molecule has 0 aliphatic heterocycles. The van der Waals surface area contributed by atoms with Crippen LogP contribution in [0.5, 0.6) is 0 Å². The minimum atomic E-state index is -2.96.